The zero-order chi connectivity index (χ0) is 20.6. The minimum Gasteiger partial charge on any atom is -0.461 e. The lowest BCUT2D eigenvalue weighted by Crippen LogP contribution is -2.52. The summed E-state index contributed by atoms with van der Waals surface area (Å²) >= 11 is 0. The molecule has 0 spiro atoms. The summed E-state index contributed by atoms with van der Waals surface area (Å²) in [6.45, 7) is 22.4. The van der Waals surface area contributed by atoms with Crippen LogP contribution in [0.4, 0.5) is 0 Å². The van der Waals surface area contributed by atoms with Crippen molar-refractivity contribution in [2.24, 2.45) is 28.1 Å². The minimum absolute atomic E-state index is 0.0253. The Morgan fingerprint density at radius 1 is 0.846 bits per heavy atom. The van der Waals surface area contributed by atoms with Gasteiger partial charge in [-0.1, -0.05) is 62.3 Å². The van der Waals surface area contributed by atoms with Crippen molar-refractivity contribution in [2.45, 2.75) is 107 Å². The number of nitrogens with one attached hydrogen (secondary N) is 1. The van der Waals surface area contributed by atoms with Gasteiger partial charge in [0.15, 0.2) is 0 Å². The third-order valence-corrected chi connectivity index (χ3v) is 6.27. The number of likely N-dealkylation sites (N-methyl/N-ethyl adjacent to an activating group) is 1. The Kier molecular flexibility index (Phi) is 7.05. The van der Waals surface area contributed by atoms with Gasteiger partial charge in [0.05, 0.1) is 0 Å². The van der Waals surface area contributed by atoms with E-state index in [1.165, 1.54) is 6.42 Å². The monoisotopic (exact) mass is 367 g/mol. The van der Waals surface area contributed by atoms with Crippen LogP contribution in [-0.2, 0) is 9.53 Å². The van der Waals surface area contributed by atoms with Crippen molar-refractivity contribution >= 4 is 5.97 Å². The predicted molar refractivity (Wildman–Crippen MR) is 111 cm³/mol. The smallest absolute Gasteiger partial charge is 0.326 e. The van der Waals surface area contributed by atoms with E-state index in [1.807, 2.05) is 14.0 Å². The van der Waals surface area contributed by atoms with Crippen molar-refractivity contribution in [1.29, 1.82) is 0 Å². The number of carbonyl (C=O) groups excluding carboxylic acids is 1. The van der Waals surface area contributed by atoms with Gasteiger partial charge in [0.1, 0.15) is 11.6 Å². The van der Waals surface area contributed by atoms with Crippen molar-refractivity contribution in [3.63, 3.8) is 0 Å². The van der Waals surface area contributed by atoms with Crippen LogP contribution in [-0.4, -0.2) is 24.7 Å². The quantitative estimate of drug-likeness (QED) is 0.636. The molecule has 3 atom stereocenters. The molecule has 0 bridgehead atoms. The van der Waals surface area contributed by atoms with Crippen LogP contribution in [0.5, 0.6) is 0 Å². The maximum absolute atomic E-state index is 13.1. The molecular weight excluding hydrogens is 322 g/mol. The van der Waals surface area contributed by atoms with Gasteiger partial charge in [0.2, 0.25) is 0 Å². The van der Waals surface area contributed by atoms with Gasteiger partial charge in [-0.3, -0.25) is 4.79 Å². The fraction of sp³-hybridized carbons (Fsp3) is 0.957. The van der Waals surface area contributed by atoms with Crippen molar-refractivity contribution < 1.29 is 9.53 Å². The molecule has 1 aliphatic rings. The standard InChI is InChI=1S/C23H45NO2/c1-20(2,3)15-23(10,24-11)19(25)26-18-13-16(21(4,5)6)12-17(14-18)22(7,8)9/h16-18,24H,12-15H2,1-11H3. The Bertz CT molecular complexity index is 456. The van der Waals surface area contributed by atoms with E-state index in [0.717, 1.165) is 19.3 Å². The summed E-state index contributed by atoms with van der Waals surface area (Å²) in [4.78, 5) is 13.1. The average molecular weight is 368 g/mol. The van der Waals surface area contributed by atoms with Gasteiger partial charge in [-0.25, -0.2) is 0 Å². The summed E-state index contributed by atoms with van der Waals surface area (Å²) in [6, 6.07) is 0. The third kappa shape index (κ3) is 6.55. The largest absolute Gasteiger partial charge is 0.461 e. The number of esters is 1. The van der Waals surface area contributed by atoms with Gasteiger partial charge >= 0.3 is 5.97 Å². The van der Waals surface area contributed by atoms with Gasteiger partial charge < -0.3 is 10.1 Å². The van der Waals surface area contributed by atoms with E-state index in [0.29, 0.717) is 11.8 Å². The first-order valence-electron chi connectivity index (χ1n) is 10.4. The lowest BCUT2D eigenvalue weighted by atomic mass is 9.62. The number of hydrogen-bond acceptors (Lipinski definition) is 3. The summed E-state index contributed by atoms with van der Waals surface area (Å²) in [5, 5.41) is 3.23. The van der Waals surface area contributed by atoms with Crippen LogP contribution < -0.4 is 5.32 Å². The molecule has 1 saturated carbocycles. The zero-order valence-electron chi connectivity index (χ0n) is 19.4. The maximum Gasteiger partial charge on any atom is 0.326 e. The number of hydrogen-bond donors (Lipinski definition) is 1. The molecule has 1 fully saturated rings. The first-order chi connectivity index (χ1) is 11.5. The molecule has 0 aromatic carbocycles. The van der Waals surface area contributed by atoms with Gasteiger partial charge in [0.25, 0.3) is 0 Å². The Labute approximate surface area is 163 Å². The highest BCUT2D eigenvalue weighted by Crippen LogP contribution is 2.47. The van der Waals surface area contributed by atoms with Crippen LogP contribution in [0.15, 0.2) is 0 Å². The summed E-state index contributed by atoms with van der Waals surface area (Å²) in [5.41, 5.74) is -0.0893. The molecule has 0 saturated heterocycles. The molecule has 26 heavy (non-hydrogen) atoms. The molecule has 3 nitrogen and oxygen atoms in total. The molecule has 0 aromatic rings. The first-order valence-corrected chi connectivity index (χ1v) is 10.4. The Morgan fingerprint density at radius 3 is 1.58 bits per heavy atom. The van der Waals surface area contributed by atoms with Crippen LogP contribution in [0.25, 0.3) is 0 Å². The van der Waals surface area contributed by atoms with Crippen LogP contribution >= 0.6 is 0 Å². The molecular formula is C23H45NO2. The summed E-state index contributed by atoms with van der Waals surface area (Å²) in [6.07, 6.45) is 3.98. The zero-order valence-corrected chi connectivity index (χ0v) is 19.4. The molecule has 0 radical (unpaired) electrons. The molecule has 1 aliphatic carbocycles. The summed E-state index contributed by atoms with van der Waals surface area (Å²) in [5.74, 6) is 1.07. The van der Waals surface area contributed by atoms with E-state index >= 15 is 0 Å². The van der Waals surface area contributed by atoms with Gasteiger partial charge in [-0.05, 0) is 67.7 Å². The Morgan fingerprint density at radius 2 is 1.27 bits per heavy atom. The fourth-order valence-corrected chi connectivity index (χ4v) is 4.38. The Balaban J connectivity index is 2.96. The van der Waals surface area contributed by atoms with Gasteiger partial charge in [-0.15, -0.1) is 0 Å². The molecule has 3 unspecified atom stereocenters. The lowest BCUT2D eigenvalue weighted by molar-refractivity contribution is -0.163. The second-order valence-corrected chi connectivity index (χ2v) is 12.2. The van der Waals surface area contributed by atoms with Crippen molar-refractivity contribution in [1.82, 2.24) is 5.32 Å². The van der Waals surface area contributed by atoms with E-state index in [9.17, 15) is 4.79 Å². The highest BCUT2D eigenvalue weighted by molar-refractivity contribution is 5.80. The molecule has 1 rings (SSSR count). The van der Waals surface area contributed by atoms with Crippen molar-refractivity contribution in [3.05, 3.63) is 0 Å². The van der Waals surface area contributed by atoms with E-state index < -0.39 is 5.54 Å². The number of carbonyl (C=O) groups is 1. The molecule has 3 heteroatoms. The lowest BCUT2D eigenvalue weighted by Gasteiger charge is -2.46. The van der Waals surface area contributed by atoms with Gasteiger partial charge in [-0.2, -0.15) is 0 Å². The number of ether oxygens (including phenoxy) is 1. The van der Waals surface area contributed by atoms with Crippen molar-refractivity contribution in [3.8, 4) is 0 Å². The van der Waals surface area contributed by atoms with Crippen LogP contribution in [0.2, 0.25) is 0 Å². The van der Waals surface area contributed by atoms with Gasteiger partial charge in [0, 0.05) is 0 Å². The second kappa shape index (κ2) is 7.81. The molecule has 154 valence electrons. The van der Waals surface area contributed by atoms with E-state index in [4.69, 9.17) is 4.74 Å². The predicted octanol–water partition coefficient (Wildman–Crippen LogP) is 5.82. The highest BCUT2D eigenvalue weighted by Gasteiger charge is 2.43. The van der Waals surface area contributed by atoms with Crippen molar-refractivity contribution in [2.75, 3.05) is 7.05 Å². The third-order valence-electron chi connectivity index (χ3n) is 6.27. The Hall–Kier alpha value is -0.570. The molecule has 0 aliphatic heterocycles. The number of rotatable bonds is 4. The molecule has 0 heterocycles. The van der Waals surface area contributed by atoms with E-state index in [1.54, 1.807) is 0 Å². The van der Waals surface area contributed by atoms with Crippen LogP contribution in [0.1, 0.15) is 94.9 Å². The first kappa shape index (κ1) is 23.5. The molecule has 1 N–H and O–H groups in total. The summed E-state index contributed by atoms with van der Waals surface area (Å²) < 4.78 is 6.14. The minimum atomic E-state index is -0.635. The molecule has 0 amide bonds. The SMILES string of the molecule is CNC(C)(CC(C)(C)C)C(=O)OC1CC(C(C)(C)C)CC(C(C)(C)C)C1. The van der Waals surface area contributed by atoms with E-state index in [2.05, 4.69) is 67.6 Å². The summed E-state index contributed by atoms with van der Waals surface area (Å²) in [7, 11) is 1.86. The maximum atomic E-state index is 13.1. The highest BCUT2D eigenvalue weighted by atomic mass is 16.5. The van der Waals surface area contributed by atoms with Crippen LogP contribution in [0.3, 0.4) is 0 Å². The normalized spacial score (nSPS) is 27.7. The fourth-order valence-electron chi connectivity index (χ4n) is 4.38. The average Bonchev–Trinajstić information content (AvgIpc) is 2.43. The topological polar surface area (TPSA) is 38.3 Å². The molecule has 0 aromatic heterocycles. The van der Waals surface area contributed by atoms with E-state index in [-0.39, 0.29) is 28.3 Å². The second-order valence-electron chi connectivity index (χ2n) is 12.2. The van der Waals surface area contributed by atoms with Crippen LogP contribution in [0, 0.1) is 28.1 Å².